The second-order valence-electron chi connectivity index (χ2n) is 4.90. The van der Waals surface area contributed by atoms with Crippen molar-refractivity contribution in [3.63, 3.8) is 0 Å². The first-order valence-corrected chi connectivity index (χ1v) is 7.97. The molecule has 0 amide bonds. The van der Waals surface area contributed by atoms with Gasteiger partial charge in [-0.1, -0.05) is 42.1 Å². The van der Waals surface area contributed by atoms with Gasteiger partial charge in [0.1, 0.15) is 5.75 Å². The molecule has 3 rings (SSSR count). The Labute approximate surface area is 129 Å². The Morgan fingerprint density at radius 2 is 1.86 bits per heavy atom. The molecule has 3 aromatic rings. The van der Waals surface area contributed by atoms with E-state index in [0.717, 1.165) is 22.2 Å². The maximum atomic E-state index is 5.81. The Morgan fingerprint density at radius 1 is 1.10 bits per heavy atom. The van der Waals surface area contributed by atoms with Crippen molar-refractivity contribution in [1.29, 1.82) is 0 Å². The molecule has 0 atom stereocenters. The molecule has 2 aromatic carbocycles. The predicted octanol–water partition coefficient (Wildman–Crippen LogP) is 4.05. The number of nitrogens with zero attached hydrogens (tertiary/aromatic N) is 2. The number of rotatable bonds is 5. The van der Waals surface area contributed by atoms with Crippen molar-refractivity contribution in [3.8, 4) is 5.75 Å². The van der Waals surface area contributed by atoms with Crippen LogP contribution in [0.5, 0.6) is 5.75 Å². The topological polar surface area (TPSA) is 27.1 Å². The van der Waals surface area contributed by atoms with E-state index in [1.165, 1.54) is 11.1 Å². The summed E-state index contributed by atoms with van der Waals surface area (Å²) in [5.41, 5.74) is 3.38. The summed E-state index contributed by atoms with van der Waals surface area (Å²) in [5.74, 6) is 1.84. The number of thioether (sulfide) groups is 1. The molecule has 1 aromatic heterocycles. The van der Waals surface area contributed by atoms with E-state index >= 15 is 0 Å². The summed E-state index contributed by atoms with van der Waals surface area (Å²) in [6, 6.07) is 16.3. The first kappa shape index (κ1) is 14.0. The number of hydrogen-bond donors (Lipinski definition) is 0. The van der Waals surface area contributed by atoms with Gasteiger partial charge in [-0.2, -0.15) is 0 Å². The van der Waals surface area contributed by atoms with Gasteiger partial charge >= 0.3 is 0 Å². The molecular formula is C17H18N2OS. The van der Waals surface area contributed by atoms with Gasteiger partial charge < -0.3 is 9.30 Å². The average molecular weight is 298 g/mol. The van der Waals surface area contributed by atoms with Crippen LogP contribution >= 0.6 is 11.8 Å². The maximum Gasteiger partial charge on any atom is 0.168 e. The Hall–Kier alpha value is -1.94. The number of ether oxygens (including phenoxy) is 1. The standard InChI is InChI=1S/C17H18N2OS/c1-13-7-3-6-10-16(13)20-11-12-21-17-18-14-8-4-5-9-15(14)19(17)2/h3-10H,11-12H2,1-2H3. The van der Waals surface area contributed by atoms with Crippen LogP contribution < -0.4 is 4.74 Å². The molecule has 108 valence electrons. The van der Waals surface area contributed by atoms with Crippen LogP contribution in [0.15, 0.2) is 53.7 Å². The lowest BCUT2D eigenvalue weighted by Gasteiger charge is -2.08. The van der Waals surface area contributed by atoms with Crippen molar-refractivity contribution in [3.05, 3.63) is 54.1 Å². The summed E-state index contributed by atoms with van der Waals surface area (Å²) in [4.78, 5) is 4.64. The van der Waals surface area contributed by atoms with Gasteiger partial charge in [0.25, 0.3) is 0 Å². The molecule has 0 radical (unpaired) electrons. The second-order valence-corrected chi connectivity index (χ2v) is 5.97. The lowest BCUT2D eigenvalue weighted by molar-refractivity contribution is 0.341. The molecule has 0 aliphatic heterocycles. The maximum absolute atomic E-state index is 5.81. The lowest BCUT2D eigenvalue weighted by Crippen LogP contribution is -2.02. The lowest BCUT2D eigenvalue weighted by atomic mass is 10.2. The van der Waals surface area contributed by atoms with E-state index in [0.29, 0.717) is 6.61 Å². The zero-order valence-corrected chi connectivity index (χ0v) is 13.1. The number of hydrogen-bond acceptors (Lipinski definition) is 3. The van der Waals surface area contributed by atoms with Crippen LogP contribution in [0.25, 0.3) is 11.0 Å². The molecule has 0 unspecified atom stereocenters. The number of benzene rings is 2. The van der Waals surface area contributed by atoms with Crippen molar-refractivity contribution in [1.82, 2.24) is 9.55 Å². The third kappa shape index (κ3) is 3.05. The summed E-state index contributed by atoms with van der Waals surface area (Å²) in [5, 5.41) is 1.03. The van der Waals surface area contributed by atoms with Crippen LogP contribution in [-0.2, 0) is 7.05 Å². The van der Waals surface area contributed by atoms with Crippen LogP contribution in [0.1, 0.15) is 5.56 Å². The molecule has 1 heterocycles. The molecular weight excluding hydrogens is 280 g/mol. The fourth-order valence-electron chi connectivity index (χ4n) is 2.26. The monoisotopic (exact) mass is 298 g/mol. The van der Waals surface area contributed by atoms with E-state index in [9.17, 15) is 0 Å². The van der Waals surface area contributed by atoms with Gasteiger partial charge in [-0.05, 0) is 30.7 Å². The Morgan fingerprint density at radius 3 is 2.67 bits per heavy atom. The largest absolute Gasteiger partial charge is 0.492 e. The SMILES string of the molecule is Cc1ccccc1OCCSc1nc2ccccc2n1C. The highest BCUT2D eigenvalue weighted by Crippen LogP contribution is 2.23. The summed E-state index contributed by atoms with van der Waals surface area (Å²) < 4.78 is 7.95. The quantitative estimate of drug-likeness (QED) is 0.525. The van der Waals surface area contributed by atoms with Crippen LogP contribution in [0.2, 0.25) is 0 Å². The number of aromatic nitrogens is 2. The molecule has 0 fully saturated rings. The van der Waals surface area contributed by atoms with Gasteiger partial charge in [0.2, 0.25) is 0 Å². The predicted molar refractivity (Wildman–Crippen MR) is 88.1 cm³/mol. The molecule has 0 saturated heterocycles. The van der Waals surface area contributed by atoms with E-state index < -0.39 is 0 Å². The molecule has 0 bridgehead atoms. The van der Waals surface area contributed by atoms with E-state index in [-0.39, 0.29) is 0 Å². The number of para-hydroxylation sites is 3. The van der Waals surface area contributed by atoms with E-state index in [2.05, 4.69) is 35.7 Å². The zero-order valence-electron chi connectivity index (χ0n) is 12.2. The number of fused-ring (bicyclic) bond motifs is 1. The fourth-order valence-corrected chi connectivity index (χ4v) is 3.06. The minimum Gasteiger partial charge on any atom is -0.492 e. The van der Waals surface area contributed by atoms with Gasteiger partial charge in [-0.25, -0.2) is 4.98 Å². The zero-order chi connectivity index (χ0) is 14.7. The Bertz CT molecular complexity index is 751. The average Bonchev–Trinajstić information content (AvgIpc) is 2.82. The van der Waals surface area contributed by atoms with Crippen LogP contribution in [-0.4, -0.2) is 21.9 Å². The van der Waals surface area contributed by atoms with Crippen LogP contribution in [0.3, 0.4) is 0 Å². The van der Waals surface area contributed by atoms with E-state index in [1.54, 1.807) is 11.8 Å². The van der Waals surface area contributed by atoms with Gasteiger partial charge in [0.05, 0.1) is 17.6 Å². The van der Waals surface area contributed by atoms with Gasteiger partial charge in [-0.15, -0.1) is 0 Å². The van der Waals surface area contributed by atoms with Gasteiger partial charge in [0, 0.05) is 12.8 Å². The van der Waals surface area contributed by atoms with E-state index in [4.69, 9.17) is 4.74 Å². The molecule has 4 heteroatoms. The van der Waals surface area contributed by atoms with E-state index in [1.807, 2.05) is 36.4 Å². The molecule has 0 aliphatic rings. The highest BCUT2D eigenvalue weighted by molar-refractivity contribution is 7.99. The molecule has 0 N–H and O–H groups in total. The normalized spacial score (nSPS) is 11.0. The first-order chi connectivity index (χ1) is 10.3. The Kier molecular flexibility index (Phi) is 4.15. The highest BCUT2D eigenvalue weighted by atomic mass is 32.2. The molecule has 0 aliphatic carbocycles. The third-order valence-corrected chi connectivity index (χ3v) is 4.41. The minimum absolute atomic E-state index is 0.679. The minimum atomic E-state index is 0.679. The molecule has 0 saturated carbocycles. The molecule has 21 heavy (non-hydrogen) atoms. The van der Waals surface area contributed by atoms with Crippen LogP contribution in [0.4, 0.5) is 0 Å². The van der Waals surface area contributed by atoms with Crippen molar-refractivity contribution in [2.24, 2.45) is 7.05 Å². The summed E-state index contributed by atoms with van der Waals surface area (Å²) in [6.07, 6.45) is 0. The second kappa shape index (κ2) is 6.22. The molecule has 3 nitrogen and oxygen atoms in total. The summed E-state index contributed by atoms with van der Waals surface area (Å²) in [7, 11) is 2.06. The smallest absolute Gasteiger partial charge is 0.168 e. The van der Waals surface area contributed by atoms with Crippen molar-refractivity contribution >= 4 is 22.8 Å². The summed E-state index contributed by atoms with van der Waals surface area (Å²) >= 11 is 1.72. The third-order valence-electron chi connectivity index (χ3n) is 3.41. The Balaban J connectivity index is 1.60. The molecule has 0 spiro atoms. The summed E-state index contributed by atoms with van der Waals surface area (Å²) in [6.45, 7) is 2.74. The van der Waals surface area contributed by atoms with Gasteiger partial charge in [-0.3, -0.25) is 0 Å². The fraction of sp³-hybridized carbons (Fsp3) is 0.235. The van der Waals surface area contributed by atoms with Crippen LogP contribution in [0, 0.1) is 6.92 Å². The van der Waals surface area contributed by atoms with Crippen molar-refractivity contribution in [2.75, 3.05) is 12.4 Å². The number of imidazole rings is 1. The van der Waals surface area contributed by atoms with Crippen molar-refractivity contribution in [2.45, 2.75) is 12.1 Å². The van der Waals surface area contributed by atoms with Crippen molar-refractivity contribution < 1.29 is 4.74 Å². The first-order valence-electron chi connectivity index (χ1n) is 6.98. The number of aryl methyl sites for hydroxylation is 2. The van der Waals surface area contributed by atoms with Gasteiger partial charge in [0.15, 0.2) is 5.16 Å². The highest BCUT2D eigenvalue weighted by Gasteiger charge is 2.07.